The summed E-state index contributed by atoms with van der Waals surface area (Å²) in [6, 6.07) is 10.2. The molecular formula is C20H26N4O2S. The fraction of sp³-hybridized carbons (Fsp3) is 0.500. The average Bonchev–Trinajstić information content (AvgIpc) is 3.54. The third-order valence-corrected chi connectivity index (χ3v) is 7.15. The summed E-state index contributed by atoms with van der Waals surface area (Å²) < 4.78 is 26.7. The summed E-state index contributed by atoms with van der Waals surface area (Å²) >= 11 is 0. The number of benzene rings is 1. The molecule has 2 aromatic rings. The Morgan fingerprint density at radius 3 is 2.63 bits per heavy atom. The van der Waals surface area contributed by atoms with Crippen LogP contribution in [0.15, 0.2) is 36.5 Å². The molecule has 2 aliphatic rings. The van der Waals surface area contributed by atoms with Crippen LogP contribution < -0.4 is 10.0 Å². The Hall–Kier alpha value is -1.99. The maximum absolute atomic E-state index is 12.0. The summed E-state index contributed by atoms with van der Waals surface area (Å²) in [5.41, 5.74) is 2.74. The highest BCUT2D eigenvalue weighted by atomic mass is 32.2. The summed E-state index contributed by atoms with van der Waals surface area (Å²) in [5, 5.41) is 3.26. The van der Waals surface area contributed by atoms with Gasteiger partial charge in [-0.3, -0.25) is 0 Å². The van der Waals surface area contributed by atoms with Crippen LogP contribution in [0.3, 0.4) is 0 Å². The molecule has 2 N–H and O–H groups in total. The maximum Gasteiger partial charge on any atom is 0.223 e. The lowest BCUT2D eigenvalue weighted by Gasteiger charge is -2.22. The van der Waals surface area contributed by atoms with E-state index in [1.54, 1.807) is 6.20 Å². The van der Waals surface area contributed by atoms with E-state index in [0.717, 1.165) is 29.7 Å². The monoisotopic (exact) mass is 386 g/mol. The third-order valence-electron chi connectivity index (χ3n) is 5.26. The van der Waals surface area contributed by atoms with Crippen LogP contribution in [0.1, 0.15) is 50.5 Å². The number of anilines is 1. The van der Waals surface area contributed by atoms with Crippen molar-refractivity contribution < 1.29 is 8.42 Å². The highest BCUT2D eigenvalue weighted by molar-refractivity contribution is 7.90. The molecule has 0 aliphatic heterocycles. The zero-order valence-corrected chi connectivity index (χ0v) is 16.2. The summed E-state index contributed by atoms with van der Waals surface area (Å²) in [6.07, 6.45) is 9.49. The minimum absolute atomic E-state index is 0.198. The molecule has 0 unspecified atom stereocenters. The van der Waals surface area contributed by atoms with Gasteiger partial charge in [0, 0.05) is 24.3 Å². The van der Waals surface area contributed by atoms with Crippen LogP contribution in [-0.4, -0.2) is 29.7 Å². The number of nitrogens with zero attached hydrogens (tertiary/aromatic N) is 2. The molecule has 27 heavy (non-hydrogen) atoms. The molecule has 2 fully saturated rings. The molecule has 0 radical (unpaired) electrons. The Morgan fingerprint density at radius 2 is 1.85 bits per heavy atom. The molecule has 0 amide bonds. The number of sulfonamides is 1. The van der Waals surface area contributed by atoms with E-state index in [2.05, 4.69) is 20.0 Å². The smallest absolute Gasteiger partial charge is 0.223 e. The lowest BCUT2D eigenvalue weighted by Crippen LogP contribution is -2.26. The Balaban J connectivity index is 1.45. The molecular weight excluding hydrogens is 360 g/mol. The van der Waals surface area contributed by atoms with Gasteiger partial charge in [0.2, 0.25) is 16.0 Å². The molecule has 0 saturated heterocycles. The van der Waals surface area contributed by atoms with Gasteiger partial charge in [-0.25, -0.2) is 23.1 Å². The minimum Gasteiger partial charge on any atom is -0.351 e. The van der Waals surface area contributed by atoms with Crippen molar-refractivity contribution in [3.8, 4) is 11.3 Å². The SMILES string of the molecule is O=S(=O)(NCc1cccc(-c2ccnc(NC3CCCCC3)n2)c1)C1CC1. The summed E-state index contributed by atoms with van der Waals surface area (Å²) in [7, 11) is -3.17. The molecule has 1 aromatic heterocycles. The van der Waals surface area contributed by atoms with Gasteiger partial charge in [0.15, 0.2) is 0 Å². The first kappa shape index (κ1) is 18.4. The van der Waals surface area contributed by atoms with E-state index in [4.69, 9.17) is 0 Å². The van der Waals surface area contributed by atoms with Gasteiger partial charge in [-0.1, -0.05) is 37.5 Å². The first-order chi connectivity index (χ1) is 13.1. The van der Waals surface area contributed by atoms with Crippen molar-refractivity contribution in [3.63, 3.8) is 0 Å². The fourth-order valence-electron chi connectivity index (χ4n) is 3.54. The molecule has 0 bridgehead atoms. The predicted octanol–water partition coefficient (Wildman–Crippen LogP) is 3.47. The van der Waals surface area contributed by atoms with Crippen molar-refractivity contribution in [2.45, 2.75) is 62.8 Å². The van der Waals surface area contributed by atoms with Crippen LogP contribution in [0.25, 0.3) is 11.3 Å². The van der Waals surface area contributed by atoms with Crippen LogP contribution in [0.2, 0.25) is 0 Å². The third kappa shape index (κ3) is 4.84. The number of hydrogen-bond acceptors (Lipinski definition) is 5. The second-order valence-electron chi connectivity index (χ2n) is 7.51. The number of aromatic nitrogens is 2. The highest BCUT2D eigenvalue weighted by Gasteiger charge is 2.35. The van der Waals surface area contributed by atoms with Crippen molar-refractivity contribution in [1.82, 2.24) is 14.7 Å². The highest BCUT2D eigenvalue weighted by Crippen LogP contribution is 2.28. The molecule has 144 valence electrons. The van der Waals surface area contributed by atoms with Gasteiger partial charge in [0.25, 0.3) is 0 Å². The summed E-state index contributed by atoms with van der Waals surface area (Å²) in [4.78, 5) is 9.03. The first-order valence-electron chi connectivity index (χ1n) is 9.77. The van der Waals surface area contributed by atoms with Gasteiger partial charge < -0.3 is 5.32 Å². The van der Waals surface area contributed by atoms with Gasteiger partial charge in [-0.05, 0) is 43.4 Å². The van der Waals surface area contributed by atoms with Gasteiger partial charge in [0.1, 0.15) is 0 Å². The maximum atomic E-state index is 12.0. The second kappa shape index (κ2) is 7.94. The summed E-state index contributed by atoms with van der Waals surface area (Å²) in [6.45, 7) is 0.310. The van der Waals surface area contributed by atoms with Crippen molar-refractivity contribution in [3.05, 3.63) is 42.1 Å². The summed E-state index contributed by atoms with van der Waals surface area (Å²) in [5.74, 6) is 0.666. The topological polar surface area (TPSA) is 84.0 Å². The largest absolute Gasteiger partial charge is 0.351 e. The van der Waals surface area contributed by atoms with Crippen molar-refractivity contribution in [1.29, 1.82) is 0 Å². The Bertz CT molecular complexity index is 890. The number of nitrogens with one attached hydrogen (secondary N) is 2. The number of rotatable bonds is 7. The van der Waals surface area contributed by atoms with Crippen molar-refractivity contribution >= 4 is 16.0 Å². The molecule has 4 rings (SSSR count). The van der Waals surface area contributed by atoms with E-state index in [1.165, 1.54) is 32.1 Å². The molecule has 0 atom stereocenters. The van der Waals surface area contributed by atoms with Crippen molar-refractivity contribution in [2.24, 2.45) is 0 Å². The van der Waals surface area contributed by atoms with Crippen molar-refractivity contribution in [2.75, 3.05) is 5.32 Å². The Labute approximate surface area is 160 Å². The Morgan fingerprint density at radius 1 is 1.04 bits per heavy atom. The lowest BCUT2D eigenvalue weighted by molar-refractivity contribution is 0.461. The average molecular weight is 387 g/mol. The van der Waals surface area contributed by atoms with E-state index in [1.807, 2.05) is 30.3 Å². The van der Waals surface area contributed by atoms with Gasteiger partial charge in [0.05, 0.1) is 10.9 Å². The standard InChI is InChI=1S/C20H26N4O2S/c25-27(26,18-9-10-18)22-14-15-5-4-6-16(13-15)19-11-12-21-20(24-19)23-17-7-2-1-3-8-17/h4-6,11-13,17-18,22H,1-3,7-10,14H2,(H,21,23,24). The fourth-order valence-corrected chi connectivity index (χ4v) is 4.90. The second-order valence-corrected chi connectivity index (χ2v) is 9.56. The van der Waals surface area contributed by atoms with Gasteiger partial charge in [-0.15, -0.1) is 0 Å². The predicted molar refractivity (Wildman–Crippen MR) is 107 cm³/mol. The van der Waals surface area contributed by atoms with Crippen LogP contribution in [0.4, 0.5) is 5.95 Å². The molecule has 1 heterocycles. The Kier molecular flexibility index (Phi) is 5.41. The quantitative estimate of drug-likeness (QED) is 0.761. The minimum atomic E-state index is -3.17. The van der Waals surface area contributed by atoms with E-state index in [-0.39, 0.29) is 5.25 Å². The normalized spacial score (nSPS) is 18.4. The van der Waals surface area contributed by atoms with Crippen LogP contribution >= 0.6 is 0 Å². The van der Waals surface area contributed by atoms with Crippen LogP contribution in [0.5, 0.6) is 0 Å². The number of hydrogen-bond donors (Lipinski definition) is 2. The van der Waals surface area contributed by atoms with Crippen LogP contribution in [0, 0.1) is 0 Å². The first-order valence-corrected chi connectivity index (χ1v) is 11.3. The zero-order chi connectivity index (χ0) is 18.7. The van der Waals surface area contributed by atoms with E-state index in [0.29, 0.717) is 18.5 Å². The van der Waals surface area contributed by atoms with E-state index in [9.17, 15) is 8.42 Å². The molecule has 2 saturated carbocycles. The zero-order valence-electron chi connectivity index (χ0n) is 15.4. The lowest BCUT2D eigenvalue weighted by atomic mass is 9.96. The molecule has 0 spiro atoms. The molecule has 2 aliphatic carbocycles. The molecule has 7 heteroatoms. The molecule has 1 aromatic carbocycles. The van der Waals surface area contributed by atoms with E-state index >= 15 is 0 Å². The van der Waals surface area contributed by atoms with E-state index < -0.39 is 10.0 Å². The van der Waals surface area contributed by atoms with Gasteiger partial charge >= 0.3 is 0 Å². The molecule has 6 nitrogen and oxygen atoms in total. The van der Waals surface area contributed by atoms with Gasteiger partial charge in [-0.2, -0.15) is 0 Å². The van der Waals surface area contributed by atoms with Crippen LogP contribution in [-0.2, 0) is 16.6 Å².